The van der Waals surface area contributed by atoms with Crippen molar-refractivity contribution in [3.8, 4) is 5.88 Å². The highest BCUT2D eigenvalue weighted by molar-refractivity contribution is 5.78. The smallest absolute Gasteiger partial charge is 0.245 e. The van der Waals surface area contributed by atoms with E-state index in [2.05, 4.69) is 37.2 Å². The summed E-state index contributed by atoms with van der Waals surface area (Å²) in [6.45, 7) is 2.53. The lowest BCUT2D eigenvalue weighted by atomic mass is 10.2. The van der Waals surface area contributed by atoms with Crippen LogP contribution < -0.4 is 10.1 Å². The number of anilines is 2. The third-order valence-corrected chi connectivity index (χ3v) is 4.26. The zero-order valence-electron chi connectivity index (χ0n) is 15.7. The molecule has 3 heterocycles. The first-order chi connectivity index (χ1) is 13.8. The number of rotatable bonds is 8. The van der Waals surface area contributed by atoms with Crippen molar-refractivity contribution < 1.29 is 4.74 Å². The van der Waals surface area contributed by atoms with Gasteiger partial charge in [0.1, 0.15) is 17.9 Å². The molecule has 7 heteroatoms. The summed E-state index contributed by atoms with van der Waals surface area (Å²) in [5, 5.41) is 3.22. The Kier molecular flexibility index (Phi) is 5.42. The number of aromatic amines is 1. The van der Waals surface area contributed by atoms with Crippen molar-refractivity contribution in [1.29, 1.82) is 0 Å². The van der Waals surface area contributed by atoms with Crippen molar-refractivity contribution in [2.24, 2.45) is 0 Å². The number of nitrogens with one attached hydrogen (secondary N) is 2. The van der Waals surface area contributed by atoms with Crippen molar-refractivity contribution in [3.63, 3.8) is 0 Å². The van der Waals surface area contributed by atoms with Crippen LogP contribution in [0.15, 0.2) is 54.9 Å². The largest absolute Gasteiger partial charge is 0.471 e. The van der Waals surface area contributed by atoms with E-state index in [4.69, 9.17) is 4.74 Å². The summed E-state index contributed by atoms with van der Waals surface area (Å²) in [5.74, 6) is 1.82. The lowest BCUT2D eigenvalue weighted by molar-refractivity contribution is 0.297. The zero-order chi connectivity index (χ0) is 19.2. The molecule has 0 aliphatic rings. The summed E-state index contributed by atoms with van der Waals surface area (Å²) in [5.41, 5.74) is 3.19. The third-order valence-electron chi connectivity index (χ3n) is 4.26. The van der Waals surface area contributed by atoms with Crippen molar-refractivity contribution >= 4 is 22.8 Å². The molecule has 0 fully saturated rings. The number of hydrogen-bond acceptors (Lipinski definition) is 6. The molecule has 142 valence electrons. The van der Waals surface area contributed by atoms with Gasteiger partial charge >= 0.3 is 0 Å². The number of para-hydroxylation sites is 1. The molecule has 0 amide bonds. The third kappa shape index (κ3) is 4.25. The Hall–Kier alpha value is -3.48. The topological polar surface area (TPSA) is 88.6 Å². The summed E-state index contributed by atoms with van der Waals surface area (Å²) in [7, 11) is 0. The molecule has 3 aromatic heterocycles. The van der Waals surface area contributed by atoms with Crippen LogP contribution in [0.4, 0.5) is 11.6 Å². The van der Waals surface area contributed by atoms with Gasteiger partial charge < -0.3 is 15.0 Å². The highest BCUT2D eigenvalue weighted by atomic mass is 16.5. The van der Waals surface area contributed by atoms with Gasteiger partial charge in [0.15, 0.2) is 5.65 Å². The number of imidazole rings is 1. The molecule has 7 nitrogen and oxygen atoms in total. The molecule has 0 saturated carbocycles. The average Bonchev–Trinajstić information content (AvgIpc) is 3.15. The van der Waals surface area contributed by atoms with E-state index in [1.54, 1.807) is 12.4 Å². The van der Waals surface area contributed by atoms with E-state index in [1.165, 1.54) is 0 Å². The van der Waals surface area contributed by atoms with Gasteiger partial charge in [0, 0.05) is 30.1 Å². The molecular formula is C21H22N6O. The first-order valence-corrected chi connectivity index (χ1v) is 9.42. The molecule has 0 bridgehead atoms. The summed E-state index contributed by atoms with van der Waals surface area (Å²) >= 11 is 0. The second kappa shape index (κ2) is 8.47. The minimum absolute atomic E-state index is 0.369. The van der Waals surface area contributed by atoms with E-state index in [1.807, 2.05) is 42.5 Å². The van der Waals surface area contributed by atoms with E-state index >= 15 is 0 Å². The van der Waals surface area contributed by atoms with Crippen LogP contribution in [0.5, 0.6) is 5.88 Å². The van der Waals surface area contributed by atoms with Gasteiger partial charge in [-0.1, -0.05) is 37.6 Å². The highest BCUT2D eigenvalue weighted by Crippen LogP contribution is 2.25. The Labute approximate surface area is 163 Å². The molecule has 0 unspecified atom stereocenters. The molecular weight excluding hydrogens is 352 g/mol. The Morgan fingerprint density at radius 3 is 2.71 bits per heavy atom. The number of aromatic nitrogens is 5. The molecule has 4 aromatic rings. The molecule has 4 rings (SSSR count). The predicted molar refractivity (Wildman–Crippen MR) is 109 cm³/mol. The first kappa shape index (κ1) is 17.9. The summed E-state index contributed by atoms with van der Waals surface area (Å²) < 4.78 is 6.00. The zero-order valence-corrected chi connectivity index (χ0v) is 15.7. The maximum atomic E-state index is 6.00. The molecule has 0 spiro atoms. The molecule has 1 aromatic carbocycles. The fourth-order valence-electron chi connectivity index (χ4n) is 2.83. The van der Waals surface area contributed by atoms with Gasteiger partial charge in [-0.3, -0.25) is 4.98 Å². The predicted octanol–water partition coefficient (Wildman–Crippen LogP) is 4.41. The van der Waals surface area contributed by atoms with Crippen LogP contribution in [0.1, 0.15) is 31.2 Å². The van der Waals surface area contributed by atoms with Crippen LogP contribution in [-0.4, -0.2) is 24.9 Å². The number of ether oxygens (including phenoxy) is 1. The van der Waals surface area contributed by atoms with E-state index in [0.717, 1.165) is 36.3 Å². The Bertz CT molecular complexity index is 1030. The first-order valence-electron chi connectivity index (χ1n) is 9.42. The van der Waals surface area contributed by atoms with Crippen molar-refractivity contribution in [2.45, 2.75) is 32.8 Å². The van der Waals surface area contributed by atoms with E-state index in [-0.39, 0.29) is 0 Å². The monoisotopic (exact) mass is 374 g/mol. The number of hydrogen-bond donors (Lipinski definition) is 2. The van der Waals surface area contributed by atoms with Crippen LogP contribution in [0, 0.1) is 0 Å². The second-order valence-corrected chi connectivity index (χ2v) is 6.48. The average molecular weight is 374 g/mol. The maximum absolute atomic E-state index is 6.00. The molecule has 0 saturated heterocycles. The van der Waals surface area contributed by atoms with Gasteiger partial charge in [-0.05, 0) is 24.6 Å². The fourth-order valence-corrected chi connectivity index (χ4v) is 2.83. The number of nitrogens with zero attached hydrogens (tertiary/aromatic N) is 4. The van der Waals surface area contributed by atoms with Crippen molar-refractivity contribution in [3.05, 3.63) is 66.2 Å². The van der Waals surface area contributed by atoms with Crippen molar-refractivity contribution in [2.75, 3.05) is 5.32 Å². The standard InChI is InChI=1S/C21H22N6O/c1-2-3-11-17-24-18-19(25-17)26-21(23-16-9-5-4-6-10-16)27-20(18)28-14-15-8-7-12-22-13-15/h4-10,12-13H,2-3,11,14H2,1H3,(H2,23,24,25,26,27). The van der Waals surface area contributed by atoms with Gasteiger partial charge in [-0.15, -0.1) is 0 Å². The normalized spacial score (nSPS) is 10.9. The number of benzene rings is 1. The van der Waals surface area contributed by atoms with Crippen LogP contribution in [0.3, 0.4) is 0 Å². The minimum Gasteiger partial charge on any atom is -0.471 e. The minimum atomic E-state index is 0.369. The van der Waals surface area contributed by atoms with Crippen molar-refractivity contribution in [1.82, 2.24) is 24.9 Å². The van der Waals surface area contributed by atoms with Crippen LogP contribution in [0.2, 0.25) is 0 Å². The summed E-state index contributed by atoms with van der Waals surface area (Å²) in [6, 6.07) is 13.6. The van der Waals surface area contributed by atoms with Crippen LogP contribution in [0.25, 0.3) is 11.2 Å². The van der Waals surface area contributed by atoms with Gasteiger partial charge in [0.25, 0.3) is 0 Å². The van der Waals surface area contributed by atoms with Crippen LogP contribution in [-0.2, 0) is 13.0 Å². The number of unbranched alkanes of at least 4 members (excludes halogenated alkanes) is 1. The number of aryl methyl sites for hydroxylation is 1. The fraction of sp³-hybridized carbons (Fsp3) is 0.238. The van der Waals surface area contributed by atoms with Gasteiger partial charge in [0.05, 0.1) is 0 Å². The van der Waals surface area contributed by atoms with Gasteiger partial charge in [-0.2, -0.15) is 9.97 Å². The lowest BCUT2D eigenvalue weighted by Gasteiger charge is -2.09. The van der Waals surface area contributed by atoms with E-state index < -0.39 is 0 Å². The quantitative estimate of drug-likeness (QED) is 0.475. The number of H-pyrrole nitrogens is 1. The van der Waals surface area contributed by atoms with Gasteiger partial charge in [-0.25, -0.2) is 4.98 Å². The number of fused-ring (bicyclic) bond motifs is 1. The summed E-state index contributed by atoms with van der Waals surface area (Å²) in [6.07, 6.45) is 6.56. The molecule has 0 radical (unpaired) electrons. The molecule has 0 atom stereocenters. The highest BCUT2D eigenvalue weighted by Gasteiger charge is 2.14. The number of pyridine rings is 1. The van der Waals surface area contributed by atoms with E-state index in [9.17, 15) is 0 Å². The second-order valence-electron chi connectivity index (χ2n) is 6.48. The van der Waals surface area contributed by atoms with Crippen LogP contribution >= 0.6 is 0 Å². The van der Waals surface area contributed by atoms with Gasteiger partial charge in [0.2, 0.25) is 11.8 Å². The summed E-state index contributed by atoms with van der Waals surface area (Å²) in [4.78, 5) is 21.2. The molecule has 0 aliphatic heterocycles. The SMILES string of the molecule is CCCCc1nc2nc(Nc3ccccc3)nc(OCc3cccnc3)c2[nH]1. The Morgan fingerprint density at radius 1 is 1.04 bits per heavy atom. The molecule has 0 aliphatic carbocycles. The maximum Gasteiger partial charge on any atom is 0.245 e. The molecule has 28 heavy (non-hydrogen) atoms. The Balaban J connectivity index is 1.65. The molecule has 2 N–H and O–H groups in total. The lowest BCUT2D eigenvalue weighted by Crippen LogP contribution is -2.03. The Morgan fingerprint density at radius 2 is 1.93 bits per heavy atom. The van der Waals surface area contributed by atoms with E-state index in [0.29, 0.717) is 29.6 Å².